The Hall–Kier alpha value is -2.08. The van der Waals surface area contributed by atoms with Gasteiger partial charge < -0.3 is 20.8 Å². The summed E-state index contributed by atoms with van der Waals surface area (Å²) in [5.41, 5.74) is 4.97. The molecule has 0 aliphatic rings. The summed E-state index contributed by atoms with van der Waals surface area (Å²) in [4.78, 5) is 23.5. The summed E-state index contributed by atoms with van der Waals surface area (Å²) in [5, 5.41) is 17.2. The van der Waals surface area contributed by atoms with E-state index in [1.54, 1.807) is 0 Å². The Kier molecular flexibility index (Phi) is 8.00. The molecule has 20 heavy (non-hydrogen) atoms. The molecule has 6 heteroatoms. The number of carboxylic acid groups (broad SMARTS) is 2. The Labute approximate surface area is 118 Å². The van der Waals surface area contributed by atoms with E-state index in [1.807, 2.05) is 0 Å². The number of aromatic carboxylic acids is 2. The van der Waals surface area contributed by atoms with Crippen molar-refractivity contribution in [3.63, 3.8) is 0 Å². The van der Waals surface area contributed by atoms with Gasteiger partial charge in [0.2, 0.25) is 0 Å². The molecule has 4 N–H and O–H groups in total. The molecule has 0 atom stereocenters. The SMILES string of the molecule is CCN(CC)CC.Nc1ccc(C(=O)O)c(C(=O)O)c1. The van der Waals surface area contributed by atoms with Crippen molar-refractivity contribution >= 4 is 17.6 Å². The Bertz CT molecular complexity index is 451. The van der Waals surface area contributed by atoms with Gasteiger partial charge >= 0.3 is 11.9 Å². The summed E-state index contributed by atoms with van der Waals surface area (Å²) < 4.78 is 0. The second-order valence-electron chi connectivity index (χ2n) is 4.03. The Morgan fingerprint density at radius 1 is 1.00 bits per heavy atom. The number of carbonyl (C=O) groups is 2. The molecular formula is C14H22N2O4. The van der Waals surface area contributed by atoms with Gasteiger partial charge in [0, 0.05) is 5.69 Å². The van der Waals surface area contributed by atoms with E-state index in [9.17, 15) is 9.59 Å². The van der Waals surface area contributed by atoms with Gasteiger partial charge in [-0.3, -0.25) is 0 Å². The van der Waals surface area contributed by atoms with E-state index < -0.39 is 11.9 Å². The number of nitrogen functional groups attached to an aromatic ring is 1. The summed E-state index contributed by atoms with van der Waals surface area (Å²) in [5.74, 6) is -2.58. The zero-order valence-corrected chi connectivity index (χ0v) is 12.1. The molecule has 112 valence electrons. The zero-order valence-electron chi connectivity index (χ0n) is 12.1. The summed E-state index contributed by atoms with van der Waals surface area (Å²) in [6.45, 7) is 10.1. The third kappa shape index (κ3) is 5.71. The van der Waals surface area contributed by atoms with Gasteiger partial charge in [-0.25, -0.2) is 9.59 Å². The van der Waals surface area contributed by atoms with Crippen LogP contribution in [0.15, 0.2) is 18.2 Å². The van der Waals surface area contributed by atoms with Crippen LogP contribution in [0.4, 0.5) is 5.69 Å². The molecular weight excluding hydrogens is 260 g/mol. The van der Waals surface area contributed by atoms with Crippen LogP contribution < -0.4 is 5.73 Å². The molecule has 6 nitrogen and oxygen atoms in total. The summed E-state index contributed by atoms with van der Waals surface area (Å²) in [6, 6.07) is 3.63. The lowest BCUT2D eigenvalue weighted by molar-refractivity contribution is 0.0651. The van der Waals surface area contributed by atoms with Gasteiger partial charge in [-0.2, -0.15) is 0 Å². The highest BCUT2D eigenvalue weighted by molar-refractivity contribution is 6.02. The third-order valence-electron chi connectivity index (χ3n) is 2.85. The smallest absolute Gasteiger partial charge is 0.336 e. The molecule has 0 aromatic heterocycles. The standard InChI is InChI=1S/C8H7NO4.C6H15N/c9-4-1-2-5(7(10)11)6(3-4)8(12)13;1-4-7(5-2)6-3/h1-3H,9H2,(H,10,11)(H,12,13);4-6H2,1-3H3. The van der Waals surface area contributed by atoms with Gasteiger partial charge in [0.1, 0.15) is 0 Å². The monoisotopic (exact) mass is 282 g/mol. The van der Waals surface area contributed by atoms with E-state index in [4.69, 9.17) is 15.9 Å². The fraction of sp³-hybridized carbons (Fsp3) is 0.429. The first kappa shape index (κ1) is 17.9. The van der Waals surface area contributed by atoms with Gasteiger partial charge in [-0.05, 0) is 37.8 Å². The first-order chi connectivity index (χ1) is 9.37. The van der Waals surface area contributed by atoms with Gasteiger partial charge in [0.05, 0.1) is 11.1 Å². The Balaban J connectivity index is 0.000000441. The van der Waals surface area contributed by atoms with Crippen molar-refractivity contribution < 1.29 is 19.8 Å². The van der Waals surface area contributed by atoms with Crippen molar-refractivity contribution in [2.75, 3.05) is 25.4 Å². The van der Waals surface area contributed by atoms with Gasteiger partial charge in [0.25, 0.3) is 0 Å². The van der Waals surface area contributed by atoms with Crippen LogP contribution in [-0.4, -0.2) is 46.7 Å². The van der Waals surface area contributed by atoms with Crippen LogP contribution in [0.25, 0.3) is 0 Å². The molecule has 0 saturated heterocycles. The quantitative estimate of drug-likeness (QED) is 0.714. The van der Waals surface area contributed by atoms with Gasteiger partial charge in [-0.15, -0.1) is 0 Å². The maximum Gasteiger partial charge on any atom is 0.336 e. The van der Waals surface area contributed by atoms with Crippen LogP contribution in [0, 0.1) is 0 Å². The molecule has 0 heterocycles. The number of hydrogen-bond acceptors (Lipinski definition) is 4. The maximum absolute atomic E-state index is 10.6. The predicted molar refractivity (Wildman–Crippen MR) is 78.2 cm³/mol. The predicted octanol–water partition coefficient (Wildman–Crippen LogP) is 2.01. The molecule has 1 aromatic rings. The minimum atomic E-state index is -1.30. The molecule has 0 amide bonds. The van der Waals surface area contributed by atoms with Crippen molar-refractivity contribution in [2.45, 2.75) is 20.8 Å². The lowest BCUT2D eigenvalue weighted by Gasteiger charge is -2.13. The number of anilines is 1. The number of nitrogens with zero attached hydrogens (tertiary/aromatic N) is 1. The third-order valence-corrected chi connectivity index (χ3v) is 2.85. The van der Waals surface area contributed by atoms with Crippen LogP contribution in [-0.2, 0) is 0 Å². The largest absolute Gasteiger partial charge is 0.478 e. The molecule has 0 unspecified atom stereocenters. The molecule has 0 saturated carbocycles. The van der Waals surface area contributed by atoms with Crippen LogP contribution in [0.2, 0.25) is 0 Å². The minimum absolute atomic E-state index is 0.224. The number of hydrogen-bond donors (Lipinski definition) is 3. The van der Waals surface area contributed by atoms with Crippen molar-refractivity contribution in [1.29, 1.82) is 0 Å². The molecule has 0 spiro atoms. The lowest BCUT2D eigenvalue weighted by Crippen LogP contribution is -2.21. The number of nitrogens with two attached hydrogens (primary N) is 1. The molecule has 0 radical (unpaired) electrons. The molecule has 1 aromatic carbocycles. The zero-order chi connectivity index (χ0) is 15.7. The van der Waals surface area contributed by atoms with Crippen molar-refractivity contribution in [2.24, 2.45) is 0 Å². The highest BCUT2D eigenvalue weighted by Crippen LogP contribution is 2.13. The highest BCUT2D eigenvalue weighted by atomic mass is 16.4. The lowest BCUT2D eigenvalue weighted by atomic mass is 10.1. The van der Waals surface area contributed by atoms with Crippen LogP contribution >= 0.6 is 0 Å². The van der Waals surface area contributed by atoms with Gasteiger partial charge in [0.15, 0.2) is 0 Å². The fourth-order valence-electron chi connectivity index (χ4n) is 1.60. The van der Waals surface area contributed by atoms with Crippen molar-refractivity contribution in [3.8, 4) is 0 Å². The number of carboxylic acids is 2. The van der Waals surface area contributed by atoms with E-state index in [2.05, 4.69) is 25.7 Å². The maximum atomic E-state index is 10.6. The van der Waals surface area contributed by atoms with Crippen LogP contribution in [0.1, 0.15) is 41.5 Å². The fourth-order valence-corrected chi connectivity index (χ4v) is 1.60. The first-order valence-corrected chi connectivity index (χ1v) is 6.45. The van der Waals surface area contributed by atoms with E-state index in [1.165, 1.54) is 31.8 Å². The average Bonchev–Trinajstić information content (AvgIpc) is 2.41. The van der Waals surface area contributed by atoms with Crippen LogP contribution in [0.5, 0.6) is 0 Å². The molecule has 0 fully saturated rings. The van der Waals surface area contributed by atoms with E-state index in [0.29, 0.717) is 0 Å². The second-order valence-corrected chi connectivity index (χ2v) is 4.03. The number of rotatable bonds is 5. The molecule has 0 bridgehead atoms. The second kappa shape index (κ2) is 8.92. The van der Waals surface area contributed by atoms with E-state index in [0.717, 1.165) is 6.07 Å². The van der Waals surface area contributed by atoms with E-state index in [-0.39, 0.29) is 16.8 Å². The molecule has 1 rings (SSSR count). The first-order valence-electron chi connectivity index (χ1n) is 6.45. The molecule has 0 aliphatic heterocycles. The van der Waals surface area contributed by atoms with Crippen LogP contribution in [0.3, 0.4) is 0 Å². The summed E-state index contributed by atoms with van der Waals surface area (Å²) >= 11 is 0. The Morgan fingerprint density at radius 2 is 1.45 bits per heavy atom. The summed E-state index contributed by atoms with van der Waals surface area (Å²) in [6.07, 6.45) is 0. The summed E-state index contributed by atoms with van der Waals surface area (Å²) in [7, 11) is 0. The van der Waals surface area contributed by atoms with Crippen molar-refractivity contribution in [3.05, 3.63) is 29.3 Å². The van der Waals surface area contributed by atoms with Crippen molar-refractivity contribution in [1.82, 2.24) is 4.90 Å². The minimum Gasteiger partial charge on any atom is -0.478 e. The van der Waals surface area contributed by atoms with E-state index >= 15 is 0 Å². The normalized spacial score (nSPS) is 9.80. The van der Waals surface area contributed by atoms with Gasteiger partial charge in [-0.1, -0.05) is 20.8 Å². The number of benzene rings is 1. The topological polar surface area (TPSA) is 104 Å². The molecule has 0 aliphatic carbocycles. The highest BCUT2D eigenvalue weighted by Gasteiger charge is 2.15. The Morgan fingerprint density at radius 3 is 1.75 bits per heavy atom. The average molecular weight is 282 g/mol.